The lowest BCUT2D eigenvalue weighted by Gasteiger charge is -2.13. The molecule has 0 unspecified atom stereocenters. The first kappa shape index (κ1) is 21.0. The third-order valence-corrected chi connectivity index (χ3v) is 4.34. The second kappa shape index (κ2) is 9.22. The Morgan fingerprint density at radius 1 is 1.13 bits per heavy atom. The summed E-state index contributed by atoms with van der Waals surface area (Å²) in [7, 11) is 3.54. The van der Waals surface area contributed by atoms with Gasteiger partial charge in [0.25, 0.3) is 5.69 Å². The summed E-state index contributed by atoms with van der Waals surface area (Å²) in [6.45, 7) is 0. The van der Waals surface area contributed by atoms with Gasteiger partial charge in [0, 0.05) is 31.4 Å². The van der Waals surface area contributed by atoms with Crippen molar-refractivity contribution in [1.29, 1.82) is 0 Å². The zero-order valence-corrected chi connectivity index (χ0v) is 17.5. The Labute approximate surface area is 179 Å². The fraction of sp³-hybridized carbons (Fsp3) is 0.111. The predicted octanol–water partition coefficient (Wildman–Crippen LogP) is 3.94. The van der Waals surface area contributed by atoms with Gasteiger partial charge in [-0.15, -0.1) is 0 Å². The molecule has 1 heterocycles. The number of hydrazone groups is 1. The van der Waals surface area contributed by atoms with Crippen LogP contribution in [0.5, 0.6) is 0 Å². The van der Waals surface area contributed by atoms with Gasteiger partial charge in [-0.25, -0.2) is 9.82 Å². The summed E-state index contributed by atoms with van der Waals surface area (Å²) in [5.41, 5.74) is 3.73. The zero-order chi connectivity index (χ0) is 21.7. The SMILES string of the molecule is CN(C)c1nc(N/N=C/c2ccc(Br)c([N+](=O)[O-])c2)nc(Nc2ccc(F)cc2)n1. The van der Waals surface area contributed by atoms with Gasteiger partial charge < -0.3 is 10.2 Å². The Morgan fingerprint density at radius 2 is 1.83 bits per heavy atom. The first-order valence-electron chi connectivity index (χ1n) is 8.51. The summed E-state index contributed by atoms with van der Waals surface area (Å²) in [6.07, 6.45) is 1.41. The number of nitrogens with one attached hydrogen (secondary N) is 2. The van der Waals surface area contributed by atoms with E-state index in [0.717, 1.165) is 0 Å². The molecule has 2 N–H and O–H groups in total. The minimum absolute atomic E-state index is 0.0696. The second-order valence-electron chi connectivity index (χ2n) is 6.15. The van der Waals surface area contributed by atoms with Crippen molar-refractivity contribution in [1.82, 2.24) is 15.0 Å². The lowest BCUT2D eigenvalue weighted by molar-refractivity contribution is -0.385. The first-order chi connectivity index (χ1) is 14.3. The molecule has 30 heavy (non-hydrogen) atoms. The van der Waals surface area contributed by atoms with Gasteiger partial charge in [-0.2, -0.15) is 20.1 Å². The molecule has 0 amide bonds. The predicted molar refractivity (Wildman–Crippen MR) is 116 cm³/mol. The number of rotatable bonds is 7. The van der Waals surface area contributed by atoms with E-state index in [1.54, 1.807) is 43.3 Å². The maximum Gasteiger partial charge on any atom is 0.284 e. The third kappa shape index (κ3) is 5.44. The van der Waals surface area contributed by atoms with Gasteiger partial charge in [-0.05, 0) is 46.3 Å². The molecule has 3 rings (SSSR count). The van der Waals surface area contributed by atoms with E-state index in [0.29, 0.717) is 21.7 Å². The van der Waals surface area contributed by atoms with E-state index in [1.807, 2.05) is 0 Å². The standard InChI is InChI=1S/C18H16BrFN8O2/c1-27(2)18-24-16(22-13-6-4-12(20)5-7-13)23-17(25-18)26-21-10-11-3-8-14(19)15(9-11)28(29)30/h3-10H,1-2H3,(H2,22,23,24,25,26)/b21-10+. The van der Waals surface area contributed by atoms with Crippen LogP contribution < -0.4 is 15.6 Å². The molecule has 10 nitrogen and oxygen atoms in total. The molecule has 0 saturated carbocycles. The normalized spacial score (nSPS) is 10.8. The molecule has 0 aliphatic carbocycles. The minimum Gasteiger partial charge on any atom is -0.347 e. The van der Waals surface area contributed by atoms with Gasteiger partial charge in [0.05, 0.1) is 15.6 Å². The lowest BCUT2D eigenvalue weighted by atomic mass is 10.2. The van der Waals surface area contributed by atoms with Gasteiger partial charge >= 0.3 is 0 Å². The van der Waals surface area contributed by atoms with Crippen molar-refractivity contribution in [2.45, 2.75) is 0 Å². The van der Waals surface area contributed by atoms with Crippen molar-refractivity contribution in [2.75, 3.05) is 29.7 Å². The van der Waals surface area contributed by atoms with E-state index in [9.17, 15) is 14.5 Å². The van der Waals surface area contributed by atoms with Crippen molar-refractivity contribution in [3.05, 3.63) is 68.4 Å². The summed E-state index contributed by atoms with van der Waals surface area (Å²) in [5.74, 6) is 0.403. The van der Waals surface area contributed by atoms with Crippen LogP contribution in [-0.2, 0) is 0 Å². The van der Waals surface area contributed by atoms with Gasteiger partial charge in [0.15, 0.2) is 0 Å². The molecule has 154 valence electrons. The Balaban J connectivity index is 1.80. The molecular weight excluding hydrogens is 459 g/mol. The first-order valence-corrected chi connectivity index (χ1v) is 9.30. The van der Waals surface area contributed by atoms with E-state index >= 15 is 0 Å². The van der Waals surface area contributed by atoms with Crippen LogP contribution in [0, 0.1) is 15.9 Å². The molecule has 0 saturated heterocycles. The van der Waals surface area contributed by atoms with Crippen LogP contribution in [0.2, 0.25) is 0 Å². The van der Waals surface area contributed by atoms with Crippen LogP contribution in [0.3, 0.4) is 0 Å². The molecular formula is C18H16BrFN8O2. The topological polar surface area (TPSA) is 121 Å². The number of nitro benzene ring substituents is 1. The number of nitro groups is 1. The number of anilines is 4. The number of halogens is 2. The largest absolute Gasteiger partial charge is 0.347 e. The van der Waals surface area contributed by atoms with Crippen molar-refractivity contribution >= 4 is 51.4 Å². The lowest BCUT2D eigenvalue weighted by Crippen LogP contribution is -2.15. The average Bonchev–Trinajstić information content (AvgIpc) is 2.70. The maximum atomic E-state index is 13.1. The monoisotopic (exact) mass is 474 g/mol. The molecule has 1 aromatic heterocycles. The van der Waals surface area contributed by atoms with Gasteiger partial charge in [-0.1, -0.05) is 6.07 Å². The van der Waals surface area contributed by atoms with Crippen molar-refractivity contribution < 1.29 is 9.31 Å². The van der Waals surface area contributed by atoms with Gasteiger partial charge in [-0.3, -0.25) is 10.1 Å². The van der Waals surface area contributed by atoms with Crippen molar-refractivity contribution in [3.8, 4) is 0 Å². The third-order valence-electron chi connectivity index (χ3n) is 3.67. The molecule has 0 aliphatic rings. The molecule has 0 bridgehead atoms. The molecule has 0 spiro atoms. The summed E-state index contributed by atoms with van der Waals surface area (Å²) in [5, 5.41) is 18.0. The van der Waals surface area contributed by atoms with E-state index in [1.165, 1.54) is 24.4 Å². The fourth-order valence-corrected chi connectivity index (χ4v) is 2.64. The van der Waals surface area contributed by atoms with E-state index < -0.39 is 4.92 Å². The van der Waals surface area contributed by atoms with Crippen LogP contribution >= 0.6 is 15.9 Å². The van der Waals surface area contributed by atoms with E-state index in [2.05, 4.69) is 46.7 Å². The van der Waals surface area contributed by atoms with E-state index in [-0.39, 0.29) is 23.4 Å². The number of hydrogen-bond donors (Lipinski definition) is 2. The quantitative estimate of drug-likeness (QED) is 0.300. The molecule has 0 radical (unpaired) electrons. The van der Waals surface area contributed by atoms with Crippen LogP contribution in [0.15, 0.2) is 52.0 Å². The Kier molecular flexibility index (Phi) is 6.47. The van der Waals surface area contributed by atoms with Crippen LogP contribution in [0.4, 0.5) is 33.6 Å². The maximum absolute atomic E-state index is 13.1. The minimum atomic E-state index is -0.489. The zero-order valence-electron chi connectivity index (χ0n) is 15.9. The highest BCUT2D eigenvalue weighted by atomic mass is 79.9. The number of aromatic nitrogens is 3. The van der Waals surface area contributed by atoms with Gasteiger partial charge in [0.1, 0.15) is 5.82 Å². The molecule has 2 aromatic carbocycles. The van der Waals surface area contributed by atoms with Gasteiger partial charge in [0.2, 0.25) is 17.8 Å². The van der Waals surface area contributed by atoms with Crippen LogP contribution in [0.25, 0.3) is 0 Å². The molecule has 0 aliphatic heterocycles. The summed E-state index contributed by atoms with van der Waals surface area (Å²) in [6, 6.07) is 10.4. The van der Waals surface area contributed by atoms with Crippen molar-refractivity contribution in [2.24, 2.45) is 5.10 Å². The molecule has 0 atom stereocenters. The smallest absolute Gasteiger partial charge is 0.284 e. The number of nitrogens with zero attached hydrogens (tertiary/aromatic N) is 6. The fourth-order valence-electron chi connectivity index (χ4n) is 2.25. The highest BCUT2D eigenvalue weighted by molar-refractivity contribution is 9.10. The summed E-state index contributed by atoms with van der Waals surface area (Å²) in [4.78, 5) is 25.0. The summed E-state index contributed by atoms with van der Waals surface area (Å²) < 4.78 is 13.5. The second-order valence-corrected chi connectivity index (χ2v) is 7.00. The number of hydrogen-bond acceptors (Lipinski definition) is 9. The highest BCUT2D eigenvalue weighted by Crippen LogP contribution is 2.25. The Bertz CT molecular complexity index is 1090. The Morgan fingerprint density at radius 3 is 2.50 bits per heavy atom. The number of benzene rings is 2. The molecule has 0 fully saturated rings. The van der Waals surface area contributed by atoms with Crippen LogP contribution in [0.1, 0.15) is 5.56 Å². The van der Waals surface area contributed by atoms with E-state index in [4.69, 9.17) is 0 Å². The summed E-state index contributed by atoms with van der Waals surface area (Å²) >= 11 is 3.14. The average molecular weight is 475 g/mol. The highest BCUT2D eigenvalue weighted by Gasteiger charge is 2.12. The van der Waals surface area contributed by atoms with Crippen LogP contribution in [-0.4, -0.2) is 40.2 Å². The van der Waals surface area contributed by atoms with Crippen molar-refractivity contribution in [3.63, 3.8) is 0 Å². The molecule has 12 heteroatoms. The Hall–Kier alpha value is -3.67. The molecule has 3 aromatic rings.